The number of benzene rings is 2. The molecular weight excluding hydrogens is 353 g/mol. The van der Waals surface area contributed by atoms with Crippen molar-refractivity contribution in [1.29, 1.82) is 0 Å². The minimum Gasteiger partial charge on any atom is -0.505 e. The van der Waals surface area contributed by atoms with Crippen molar-refractivity contribution < 1.29 is 18.3 Å². The third kappa shape index (κ3) is 3.05. The number of hydrogen-bond acceptors (Lipinski definition) is 2. The number of alkyl halides is 3. The summed E-state index contributed by atoms with van der Waals surface area (Å²) in [5.74, 6) is -0.0478. The Morgan fingerprint density at radius 1 is 1.04 bits per heavy atom. The quantitative estimate of drug-likeness (QED) is 0.645. The largest absolute Gasteiger partial charge is 0.505 e. The van der Waals surface area contributed by atoms with Gasteiger partial charge in [-0.3, -0.25) is 0 Å². The fraction of sp³-hybridized carbons (Fsp3) is 0.111. The van der Waals surface area contributed by atoms with Gasteiger partial charge in [0.15, 0.2) is 5.75 Å². The molecule has 0 unspecified atom stereocenters. The Hall–Kier alpha value is -2.60. The highest BCUT2D eigenvalue weighted by atomic mass is 35.5. The Balaban J connectivity index is 2.25. The molecule has 3 nitrogen and oxygen atoms in total. The molecule has 0 spiro atoms. The van der Waals surface area contributed by atoms with Crippen molar-refractivity contribution >= 4 is 17.4 Å². The van der Waals surface area contributed by atoms with E-state index in [2.05, 4.69) is 0 Å². The van der Waals surface area contributed by atoms with E-state index in [1.165, 1.54) is 10.6 Å². The summed E-state index contributed by atoms with van der Waals surface area (Å²) in [6.07, 6.45) is -4.55. The van der Waals surface area contributed by atoms with Crippen LogP contribution in [0, 0.1) is 0 Å². The Labute approximate surface area is 147 Å². The highest BCUT2D eigenvalue weighted by Crippen LogP contribution is 2.46. The Morgan fingerprint density at radius 2 is 1.68 bits per heavy atom. The summed E-state index contributed by atoms with van der Waals surface area (Å²) in [7, 11) is 1.64. The van der Waals surface area contributed by atoms with Crippen molar-refractivity contribution in [3.05, 3.63) is 59.1 Å². The molecule has 3 N–H and O–H groups in total. The predicted molar refractivity (Wildman–Crippen MR) is 92.4 cm³/mol. The summed E-state index contributed by atoms with van der Waals surface area (Å²) in [5, 5.41) is 10.6. The van der Waals surface area contributed by atoms with Crippen LogP contribution in [0.3, 0.4) is 0 Å². The monoisotopic (exact) mass is 366 g/mol. The number of aromatic hydroxyl groups is 1. The van der Waals surface area contributed by atoms with Gasteiger partial charge >= 0.3 is 6.18 Å². The second-order valence-corrected chi connectivity index (χ2v) is 6.05. The molecule has 0 fully saturated rings. The lowest BCUT2D eigenvalue weighted by molar-refractivity contribution is -0.137. The van der Waals surface area contributed by atoms with Crippen LogP contribution >= 0.6 is 11.6 Å². The first-order valence-electron chi connectivity index (χ1n) is 7.31. The maximum Gasteiger partial charge on any atom is 0.416 e. The standard InChI is InChI=1S/C18H14ClF3N2O/c1-24-15(10-5-3-2-4-6-10)16(25)14(17(24)23)11-7-12(18(20,21)22)9-13(19)8-11/h2-9,25H,23H2,1H3. The predicted octanol–water partition coefficient (Wildman–Crippen LogP) is 5.32. The summed E-state index contributed by atoms with van der Waals surface area (Å²) in [4.78, 5) is 0. The molecule has 1 aromatic heterocycles. The smallest absolute Gasteiger partial charge is 0.416 e. The number of nitrogen functional groups attached to an aromatic ring is 1. The molecule has 1 heterocycles. The molecule has 0 saturated carbocycles. The summed E-state index contributed by atoms with van der Waals surface area (Å²) in [5.41, 5.74) is 6.49. The number of rotatable bonds is 2. The third-order valence-corrected chi connectivity index (χ3v) is 4.19. The molecular formula is C18H14ClF3N2O. The second-order valence-electron chi connectivity index (χ2n) is 5.61. The van der Waals surface area contributed by atoms with Crippen LogP contribution in [0.25, 0.3) is 22.4 Å². The molecule has 3 aromatic rings. The first-order valence-corrected chi connectivity index (χ1v) is 7.68. The first-order chi connectivity index (χ1) is 11.7. The maximum absolute atomic E-state index is 13.1. The van der Waals surface area contributed by atoms with Gasteiger partial charge in [-0.1, -0.05) is 41.9 Å². The van der Waals surface area contributed by atoms with Gasteiger partial charge in [-0.2, -0.15) is 13.2 Å². The topological polar surface area (TPSA) is 51.2 Å². The SMILES string of the molecule is Cn1c(N)c(-c2cc(Cl)cc(C(F)(F)F)c2)c(O)c1-c1ccccc1. The minimum atomic E-state index is -4.55. The Morgan fingerprint density at radius 3 is 2.28 bits per heavy atom. The fourth-order valence-corrected chi connectivity index (χ4v) is 3.03. The summed E-state index contributed by atoms with van der Waals surface area (Å²) >= 11 is 5.84. The molecule has 0 aliphatic heterocycles. The zero-order valence-corrected chi connectivity index (χ0v) is 13.9. The molecule has 25 heavy (non-hydrogen) atoms. The van der Waals surface area contributed by atoms with Gasteiger partial charge < -0.3 is 15.4 Å². The van der Waals surface area contributed by atoms with E-state index >= 15 is 0 Å². The van der Waals surface area contributed by atoms with Crippen LogP contribution in [-0.4, -0.2) is 9.67 Å². The molecule has 0 bridgehead atoms. The van der Waals surface area contributed by atoms with Gasteiger partial charge in [-0.15, -0.1) is 0 Å². The van der Waals surface area contributed by atoms with E-state index in [4.69, 9.17) is 17.3 Å². The van der Waals surface area contributed by atoms with Crippen LogP contribution in [0.15, 0.2) is 48.5 Å². The van der Waals surface area contributed by atoms with Crippen LogP contribution in [0.4, 0.5) is 19.0 Å². The van der Waals surface area contributed by atoms with Crippen LogP contribution in [0.1, 0.15) is 5.56 Å². The number of anilines is 1. The molecule has 0 amide bonds. The van der Waals surface area contributed by atoms with E-state index in [0.29, 0.717) is 11.3 Å². The van der Waals surface area contributed by atoms with Crippen LogP contribution in [0.5, 0.6) is 5.75 Å². The normalized spacial score (nSPS) is 11.7. The fourth-order valence-electron chi connectivity index (χ4n) is 2.80. The molecule has 0 saturated heterocycles. The van der Waals surface area contributed by atoms with Crippen molar-refractivity contribution in [2.75, 3.05) is 5.73 Å². The molecule has 7 heteroatoms. The molecule has 130 valence electrons. The maximum atomic E-state index is 13.1. The lowest BCUT2D eigenvalue weighted by atomic mass is 10.0. The van der Waals surface area contributed by atoms with Gasteiger partial charge in [0, 0.05) is 17.6 Å². The molecule has 2 aromatic carbocycles. The van der Waals surface area contributed by atoms with Gasteiger partial charge in [0.05, 0.1) is 16.8 Å². The van der Waals surface area contributed by atoms with E-state index < -0.39 is 11.7 Å². The van der Waals surface area contributed by atoms with E-state index in [1.807, 2.05) is 6.07 Å². The van der Waals surface area contributed by atoms with Crippen molar-refractivity contribution in [1.82, 2.24) is 4.57 Å². The first kappa shape index (κ1) is 17.2. The van der Waals surface area contributed by atoms with Gasteiger partial charge in [-0.05, 0) is 23.8 Å². The van der Waals surface area contributed by atoms with Crippen LogP contribution in [-0.2, 0) is 13.2 Å². The lowest BCUT2D eigenvalue weighted by Gasteiger charge is -2.10. The highest BCUT2D eigenvalue weighted by molar-refractivity contribution is 6.31. The molecule has 0 aliphatic carbocycles. The van der Waals surface area contributed by atoms with E-state index in [-0.39, 0.29) is 27.7 Å². The summed E-state index contributed by atoms with van der Waals surface area (Å²) in [6.45, 7) is 0. The van der Waals surface area contributed by atoms with Crippen LogP contribution < -0.4 is 5.73 Å². The molecule has 0 aliphatic rings. The van der Waals surface area contributed by atoms with Crippen molar-refractivity contribution in [2.24, 2.45) is 7.05 Å². The molecule has 3 rings (SSSR count). The van der Waals surface area contributed by atoms with Gasteiger partial charge in [-0.25, -0.2) is 0 Å². The van der Waals surface area contributed by atoms with Gasteiger partial charge in [0.2, 0.25) is 0 Å². The van der Waals surface area contributed by atoms with Crippen molar-refractivity contribution in [2.45, 2.75) is 6.18 Å². The van der Waals surface area contributed by atoms with Crippen LogP contribution in [0.2, 0.25) is 5.02 Å². The number of nitrogens with two attached hydrogens (primary N) is 1. The molecule has 0 radical (unpaired) electrons. The summed E-state index contributed by atoms with van der Waals surface area (Å²) in [6, 6.07) is 12.1. The Kier molecular flexibility index (Phi) is 4.16. The number of aromatic nitrogens is 1. The number of hydrogen-bond donors (Lipinski definition) is 2. The average molecular weight is 367 g/mol. The third-order valence-electron chi connectivity index (χ3n) is 3.98. The van der Waals surface area contributed by atoms with Crippen molar-refractivity contribution in [3.63, 3.8) is 0 Å². The average Bonchev–Trinajstić information content (AvgIpc) is 2.76. The Bertz CT molecular complexity index is 934. The van der Waals surface area contributed by atoms with Gasteiger partial charge in [0.25, 0.3) is 0 Å². The zero-order chi connectivity index (χ0) is 18.4. The van der Waals surface area contributed by atoms with E-state index in [1.54, 1.807) is 31.3 Å². The van der Waals surface area contributed by atoms with Gasteiger partial charge in [0.1, 0.15) is 5.82 Å². The van der Waals surface area contributed by atoms with E-state index in [0.717, 1.165) is 12.1 Å². The second kappa shape index (κ2) is 6.04. The number of halogens is 4. The van der Waals surface area contributed by atoms with E-state index in [9.17, 15) is 18.3 Å². The number of nitrogens with zero attached hydrogens (tertiary/aromatic N) is 1. The zero-order valence-electron chi connectivity index (χ0n) is 13.1. The minimum absolute atomic E-state index is 0.0891. The van der Waals surface area contributed by atoms with Crippen molar-refractivity contribution in [3.8, 4) is 28.1 Å². The summed E-state index contributed by atoms with van der Waals surface area (Å²) < 4.78 is 40.7. The highest BCUT2D eigenvalue weighted by Gasteiger charge is 2.32. The molecule has 0 atom stereocenters. The lowest BCUT2D eigenvalue weighted by Crippen LogP contribution is -2.05.